The van der Waals surface area contributed by atoms with E-state index in [4.69, 9.17) is 19.9 Å². The molecule has 0 aliphatic heterocycles. The molecule has 2 rings (SSSR count). The topological polar surface area (TPSA) is 142 Å². The lowest BCUT2D eigenvalue weighted by atomic mass is 9.86. The van der Waals surface area contributed by atoms with Gasteiger partial charge in [0.25, 0.3) is 0 Å². The van der Waals surface area contributed by atoms with Crippen LogP contribution in [0.5, 0.6) is 11.5 Å². The maximum atomic E-state index is 12.7. The van der Waals surface area contributed by atoms with E-state index < -0.39 is 29.6 Å². The van der Waals surface area contributed by atoms with Crippen LogP contribution in [0.1, 0.15) is 104 Å². The van der Waals surface area contributed by atoms with Crippen LogP contribution in [-0.4, -0.2) is 40.6 Å². The molecule has 0 bridgehead atoms. The normalized spacial score (nSPS) is 17.6. The minimum absolute atomic E-state index is 0.0343. The number of rotatable bonds is 15. The molecule has 224 valence electrons. The van der Waals surface area contributed by atoms with E-state index in [0.717, 1.165) is 44.9 Å². The van der Waals surface area contributed by atoms with Crippen LogP contribution in [-0.2, 0) is 30.3 Å². The van der Waals surface area contributed by atoms with E-state index in [1.807, 2.05) is 13.8 Å². The second-order valence-corrected chi connectivity index (χ2v) is 11.4. The molecule has 0 radical (unpaired) electrons. The molecule has 1 aromatic carbocycles. The molecule has 40 heavy (non-hydrogen) atoms. The highest BCUT2D eigenvalue weighted by molar-refractivity contribution is 5.80. The van der Waals surface area contributed by atoms with Crippen molar-refractivity contribution in [2.24, 2.45) is 23.5 Å². The monoisotopic (exact) mass is 561 g/mol. The van der Waals surface area contributed by atoms with Gasteiger partial charge in [-0.05, 0) is 50.3 Å². The van der Waals surface area contributed by atoms with Gasteiger partial charge < -0.3 is 25.1 Å². The van der Waals surface area contributed by atoms with Crippen LogP contribution < -0.4 is 15.2 Å². The number of nitrogens with two attached hydrogens (primary N) is 1. The van der Waals surface area contributed by atoms with E-state index in [-0.39, 0.29) is 48.1 Å². The highest BCUT2D eigenvalue weighted by Gasteiger charge is 2.38. The van der Waals surface area contributed by atoms with Crippen LogP contribution >= 0.6 is 0 Å². The Hall–Kier alpha value is -2.94. The van der Waals surface area contributed by atoms with E-state index in [1.54, 1.807) is 26.8 Å². The summed E-state index contributed by atoms with van der Waals surface area (Å²) in [7, 11) is 0. The van der Waals surface area contributed by atoms with Gasteiger partial charge in [0.1, 0.15) is 11.6 Å². The molecule has 9 nitrogen and oxygen atoms in total. The summed E-state index contributed by atoms with van der Waals surface area (Å²) in [6.45, 7) is 9.11. The van der Waals surface area contributed by atoms with Crippen molar-refractivity contribution >= 4 is 23.9 Å². The number of carboxylic acids is 1. The maximum Gasteiger partial charge on any atom is 0.324 e. The molecule has 4 atom stereocenters. The first-order valence-electron chi connectivity index (χ1n) is 14.7. The van der Waals surface area contributed by atoms with Crippen molar-refractivity contribution in [1.82, 2.24) is 0 Å². The van der Waals surface area contributed by atoms with E-state index in [0.29, 0.717) is 18.4 Å². The highest BCUT2D eigenvalue weighted by Crippen LogP contribution is 2.33. The third-order valence-electron chi connectivity index (χ3n) is 7.53. The second kappa shape index (κ2) is 15.7. The standard InChI is InChI=1S/C31H47NO8/c1-6-11-20(3)27(33)39-25-16-15-23(17-26(25)40-28(34)21(4)12-7-2)19-31(32,30(36)37)18-22(5)38-29(35)24-13-9-8-10-14-24/h15-17,20-22,24H,6-14,18-19,32H2,1-5H3,(H,36,37)/t20?,21?,22-,31?/m0/s1. The smallest absolute Gasteiger partial charge is 0.324 e. The Balaban J connectivity index is 2.25. The van der Waals surface area contributed by atoms with Gasteiger partial charge in [-0.25, -0.2) is 0 Å². The van der Waals surface area contributed by atoms with Crippen molar-refractivity contribution in [3.05, 3.63) is 23.8 Å². The quantitative estimate of drug-likeness (QED) is 0.207. The summed E-state index contributed by atoms with van der Waals surface area (Å²) in [5, 5.41) is 10.0. The van der Waals surface area contributed by atoms with E-state index >= 15 is 0 Å². The molecule has 1 aromatic rings. The molecular weight excluding hydrogens is 514 g/mol. The molecule has 0 amide bonds. The summed E-state index contributed by atoms with van der Waals surface area (Å²) in [6, 6.07) is 4.59. The number of esters is 3. The van der Waals surface area contributed by atoms with Gasteiger partial charge in [-0.2, -0.15) is 0 Å². The van der Waals surface area contributed by atoms with Crippen LogP contribution in [0.25, 0.3) is 0 Å². The first kappa shape index (κ1) is 33.3. The molecule has 1 fully saturated rings. The van der Waals surface area contributed by atoms with Gasteiger partial charge in [0.15, 0.2) is 11.5 Å². The molecule has 1 aliphatic carbocycles. The van der Waals surface area contributed by atoms with E-state index in [1.165, 1.54) is 12.1 Å². The van der Waals surface area contributed by atoms with Gasteiger partial charge in [0.2, 0.25) is 0 Å². The number of hydrogen-bond acceptors (Lipinski definition) is 8. The minimum Gasteiger partial charge on any atom is -0.480 e. The maximum absolute atomic E-state index is 12.7. The molecular formula is C31H47NO8. The van der Waals surface area contributed by atoms with Gasteiger partial charge in [0.05, 0.1) is 17.8 Å². The number of carbonyl (C=O) groups excluding carboxylic acids is 3. The predicted molar refractivity (Wildman–Crippen MR) is 151 cm³/mol. The fourth-order valence-electron chi connectivity index (χ4n) is 5.13. The second-order valence-electron chi connectivity index (χ2n) is 11.4. The Bertz CT molecular complexity index is 1020. The number of benzene rings is 1. The Morgan fingerprint density at radius 1 is 0.925 bits per heavy atom. The van der Waals surface area contributed by atoms with Crippen LogP contribution in [0, 0.1) is 17.8 Å². The summed E-state index contributed by atoms with van der Waals surface area (Å²) in [6.07, 6.45) is 6.60. The molecule has 1 aliphatic rings. The van der Waals surface area contributed by atoms with Crippen molar-refractivity contribution in [2.75, 3.05) is 0 Å². The molecule has 0 saturated heterocycles. The molecule has 9 heteroatoms. The lowest BCUT2D eigenvalue weighted by Gasteiger charge is -2.29. The van der Waals surface area contributed by atoms with Crippen molar-refractivity contribution in [3.63, 3.8) is 0 Å². The first-order chi connectivity index (χ1) is 18.9. The number of aliphatic carboxylic acids is 1. The Kier molecular flexibility index (Phi) is 13.1. The number of carbonyl (C=O) groups is 4. The minimum atomic E-state index is -1.75. The number of hydrogen-bond donors (Lipinski definition) is 2. The van der Waals surface area contributed by atoms with Crippen molar-refractivity contribution < 1.29 is 38.5 Å². The average Bonchev–Trinajstić information content (AvgIpc) is 2.90. The Morgan fingerprint density at radius 2 is 1.48 bits per heavy atom. The molecule has 0 heterocycles. The van der Waals surface area contributed by atoms with Gasteiger partial charge in [-0.1, -0.05) is 65.9 Å². The van der Waals surface area contributed by atoms with Crippen molar-refractivity contribution in [3.8, 4) is 11.5 Å². The van der Waals surface area contributed by atoms with Crippen molar-refractivity contribution in [1.29, 1.82) is 0 Å². The van der Waals surface area contributed by atoms with Crippen LogP contribution in [0.15, 0.2) is 18.2 Å². The predicted octanol–water partition coefficient (Wildman–Crippen LogP) is 5.60. The largest absolute Gasteiger partial charge is 0.480 e. The molecule has 3 N–H and O–H groups in total. The number of carboxylic acid groups (broad SMARTS) is 1. The first-order valence-corrected chi connectivity index (χ1v) is 14.7. The van der Waals surface area contributed by atoms with Gasteiger partial charge in [-0.3, -0.25) is 19.2 Å². The average molecular weight is 562 g/mol. The van der Waals surface area contributed by atoms with Crippen molar-refractivity contribution in [2.45, 2.75) is 117 Å². The summed E-state index contributed by atoms with van der Waals surface area (Å²) in [5.41, 5.74) is 5.10. The molecule has 1 saturated carbocycles. The molecule has 0 aromatic heterocycles. The summed E-state index contributed by atoms with van der Waals surface area (Å²) < 4.78 is 16.8. The third kappa shape index (κ3) is 9.91. The lowest BCUT2D eigenvalue weighted by molar-refractivity contribution is -0.158. The van der Waals surface area contributed by atoms with Crippen LogP contribution in [0.3, 0.4) is 0 Å². The van der Waals surface area contributed by atoms with Gasteiger partial charge in [-0.15, -0.1) is 0 Å². The van der Waals surface area contributed by atoms with Gasteiger partial charge in [0, 0.05) is 12.8 Å². The van der Waals surface area contributed by atoms with Crippen LogP contribution in [0.4, 0.5) is 0 Å². The third-order valence-corrected chi connectivity index (χ3v) is 7.53. The zero-order valence-electron chi connectivity index (χ0n) is 24.7. The van der Waals surface area contributed by atoms with E-state index in [9.17, 15) is 24.3 Å². The van der Waals surface area contributed by atoms with Gasteiger partial charge >= 0.3 is 23.9 Å². The zero-order chi connectivity index (χ0) is 29.9. The lowest BCUT2D eigenvalue weighted by Crippen LogP contribution is -2.52. The Labute approximate surface area is 238 Å². The zero-order valence-corrected chi connectivity index (χ0v) is 24.7. The van der Waals surface area contributed by atoms with E-state index in [2.05, 4.69) is 0 Å². The fraction of sp³-hybridized carbons (Fsp3) is 0.677. The summed E-state index contributed by atoms with van der Waals surface area (Å²) in [4.78, 5) is 50.2. The fourth-order valence-corrected chi connectivity index (χ4v) is 5.13. The molecule has 0 spiro atoms. The molecule has 3 unspecified atom stereocenters. The van der Waals surface area contributed by atoms with Crippen LogP contribution in [0.2, 0.25) is 0 Å². The number of ether oxygens (including phenoxy) is 3. The summed E-state index contributed by atoms with van der Waals surface area (Å²) >= 11 is 0. The summed E-state index contributed by atoms with van der Waals surface area (Å²) in [5.74, 6) is -3.22. The Morgan fingerprint density at radius 3 is 2.00 bits per heavy atom. The highest BCUT2D eigenvalue weighted by atomic mass is 16.6. The SMILES string of the molecule is CCCC(C)C(=O)Oc1ccc(CC(N)(C[C@H](C)OC(=O)C2CCCCC2)C(=O)O)cc1OC(=O)C(C)CCC.